The molecule has 1 amide bonds. The Morgan fingerprint density at radius 3 is 2.31 bits per heavy atom. The van der Waals surface area contributed by atoms with Crippen molar-refractivity contribution < 1.29 is 27.8 Å². The maximum atomic E-state index is 12.6. The first kappa shape index (κ1) is 20.0. The number of methoxy groups -OCH3 is 2. The average molecular weight is 430 g/mol. The molecule has 0 radical (unpaired) electrons. The van der Waals surface area contributed by atoms with Crippen LogP contribution in [0, 0.1) is 0 Å². The van der Waals surface area contributed by atoms with Crippen LogP contribution in [0.5, 0.6) is 17.2 Å². The number of alkyl halides is 2. The molecule has 2 aromatic carbocycles. The Kier molecular flexibility index (Phi) is 6.79. The molecule has 5 nitrogen and oxygen atoms in total. The van der Waals surface area contributed by atoms with Crippen molar-refractivity contribution in [3.8, 4) is 17.2 Å². The zero-order valence-corrected chi connectivity index (χ0v) is 16.0. The largest absolute Gasteiger partial charge is 0.496 e. The van der Waals surface area contributed by atoms with Gasteiger partial charge in [0.1, 0.15) is 5.75 Å². The van der Waals surface area contributed by atoms with Gasteiger partial charge in [-0.1, -0.05) is 6.07 Å². The van der Waals surface area contributed by atoms with Gasteiger partial charge in [0, 0.05) is 19.2 Å². The topological polar surface area (TPSA) is 48.0 Å². The summed E-state index contributed by atoms with van der Waals surface area (Å²) in [4.78, 5) is 14.1. The molecule has 0 aliphatic carbocycles. The van der Waals surface area contributed by atoms with E-state index in [0.29, 0.717) is 21.3 Å². The van der Waals surface area contributed by atoms with Crippen LogP contribution in [0.15, 0.2) is 40.9 Å². The van der Waals surface area contributed by atoms with E-state index in [4.69, 9.17) is 9.47 Å². The zero-order chi connectivity index (χ0) is 19.3. The number of halogens is 3. The summed E-state index contributed by atoms with van der Waals surface area (Å²) in [5, 5.41) is 0. The fraction of sp³-hybridized carbons (Fsp3) is 0.278. The number of nitrogens with zero attached hydrogens (tertiary/aromatic N) is 1. The third-order valence-electron chi connectivity index (χ3n) is 3.61. The number of hydrogen-bond acceptors (Lipinski definition) is 4. The van der Waals surface area contributed by atoms with Gasteiger partial charge in [-0.2, -0.15) is 8.78 Å². The minimum Gasteiger partial charge on any atom is -0.496 e. The summed E-state index contributed by atoms with van der Waals surface area (Å²) in [6.45, 7) is -2.67. The molecule has 140 valence electrons. The minimum absolute atomic E-state index is 0.0562. The highest BCUT2D eigenvalue weighted by Crippen LogP contribution is 2.30. The Morgan fingerprint density at radius 1 is 1.08 bits per heavy atom. The molecule has 0 bridgehead atoms. The molecule has 2 rings (SSSR count). The highest BCUT2D eigenvalue weighted by Gasteiger charge is 2.16. The number of benzene rings is 2. The van der Waals surface area contributed by atoms with Crippen molar-refractivity contribution in [1.29, 1.82) is 0 Å². The molecule has 2 aromatic rings. The normalized spacial score (nSPS) is 10.6. The fourth-order valence-electron chi connectivity index (χ4n) is 2.37. The van der Waals surface area contributed by atoms with E-state index in [1.165, 1.54) is 18.1 Å². The van der Waals surface area contributed by atoms with Gasteiger partial charge in [0.2, 0.25) is 0 Å². The summed E-state index contributed by atoms with van der Waals surface area (Å²) >= 11 is 3.35. The van der Waals surface area contributed by atoms with E-state index in [2.05, 4.69) is 20.7 Å². The van der Waals surface area contributed by atoms with Gasteiger partial charge in [-0.3, -0.25) is 4.79 Å². The molecule has 26 heavy (non-hydrogen) atoms. The lowest BCUT2D eigenvalue weighted by molar-refractivity contribution is -0.0512. The van der Waals surface area contributed by atoms with Gasteiger partial charge >= 0.3 is 6.61 Å². The Bertz CT molecular complexity index is 786. The highest BCUT2D eigenvalue weighted by molar-refractivity contribution is 9.10. The van der Waals surface area contributed by atoms with Crippen molar-refractivity contribution in [3.05, 3.63) is 52.0 Å². The van der Waals surface area contributed by atoms with Crippen LogP contribution in [0.3, 0.4) is 0 Å². The lowest BCUT2D eigenvalue weighted by atomic mass is 10.1. The maximum Gasteiger partial charge on any atom is 0.387 e. The van der Waals surface area contributed by atoms with E-state index in [1.807, 2.05) is 0 Å². The number of carbonyl (C=O) groups is 1. The summed E-state index contributed by atoms with van der Waals surface area (Å²) in [6, 6.07) is 9.60. The number of rotatable bonds is 7. The molecule has 0 aliphatic rings. The molecular formula is C18H18BrF2NO4. The summed E-state index contributed by atoms with van der Waals surface area (Å²) < 4.78 is 40.1. The average Bonchev–Trinajstić information content (AvgIpc) is 2.61. The predicted molar refractivity (Wildman–Crippen MR) is 96.1 cm³/mol. The molecule has 0 saturated carbocycles. The van der Waals surface area contributed by atoms with Crippen LogP contribution in [0.1, 0.15) is 15.9 Å². The van der Waals surface area contributed by atoms with Gasteiger partial charge in [0.25, 0.3) is 5.91 Å². The number of ether oxygens (including phenoxy) is 3. The quantitative estimate of drug-likeness (QED) is 0.656. The molecule has 0 N–H and O–H groups in total. The number of hydrogen-bond donors (Lipinski definition) is 0. The summed E-state index contributed by atoms with van der Waals surface area (Å²) in [7, 11) is 4.56. The van der Waals surface area contributed by atoms with Crippen molar-refractivity contribution in [3.63, 3.8) is 0 Å². The Balaban J connectivity index is 2.14. The van der Waals surface area contributed by atoms with Crippen LogP contribution in [-0.4, -0.2) is 38.7 Å². The monoisotopic (exact) mass is 429 g/mol. The van der Waals surface area contributed by atoms with Crippen molar-refractivity contribution in [2.45, 2.75) is 13.2 Å². The second kappa shape index (κ2) is 8.84. The first-order valence-corrected chi connectivity index (χ1v) is 8.35. The van der Waals surface area contributed by atoms with Crippen LogP contribution >= 0.6 is 15.9 Å². The molecule has 0 aliphatic heterocycles. The molecule has 0 atom stereocenters. The third-order valence-corrected chi connectivity index (χ3v) is 4.23. The molecule has 0 heterocycles. The highest BCUT2D eigenvalue weighted by atomic mass is 79.9. The SMILES string of the molecule is COc1ccc(C(=O)N(C)Cc2ccc(OC(F)F)c(OC)c2)cc1Br. The summed E-state index contributed by atoms with van der Waals surface area (Å²) in [5.74, 6) is 0.555. The maximum absolute atomic E-state index is 12.6. The van der Waals surface area contributed by atoms with E-state index in [1.54, 1.807) is 44.5 Å². The van der Waals surface area contributed by atoms with Crippen LogP contribution in [0.2, 0.25) is 0 Å². The number of carbonyl (C=O) groups excluding carboxylic acids is 1. The molecule has 0 unspecified atom stereocenters. The van der Waals surface area contributed by atoms with Crippen LogP contribution < -0.4 is 14.2 Å². The van der Waals surface area contributed by atoms with Gasteiger partial charge < -0.3 is 19.1 Å². The molecule has 8 heteroatoms. The van der Waals surface area contributed by atoms with Crippen LogP contribution in [0.25, 0.3) is 0 Å². The van der Waals surface area contributed by atoms with E-state index in [9.17, 15) is 13.6 Å². The van der Waals surface area contributed by atoms with Gasteiger partial charge in [-0.05, 0) is 51.8 Å². The fourth-order valence-corrected chi connectivity index (χ4v) is 2.91. The number of amides is 1. The third kappa shape index (κ3) is 4.85. The molecule has 0 aromatic heterocycles. The van der Waals surface area contributed by atoms with Crippen molar-refractivity contribution in [1.82, 2.24) is 4.90 Å². The molecule has 0 fully saturated rings. The van der Waals surface area contributed by atoms with Crippen molar-refractivity contribution >= 4 is 21.8 Å². The molecular weight excluding hydrogens is 412 g/mol. The molecule has 0 saturated heterocycles. The van der Waals surface area contributed by atoms with Crippen molar-refractivity contribution in [2.24, 2.45) is 0 Å². The van der Waals surface area contributed by atoms with Crippen molar-refractivity contribution in [2.75, 3.05) is 21.3 Å². The van der Waals surface area contributed by atoms with E-state index < -0.39 is 6.61 Å². The van der Waals surface area contributed by atoms with Gasteiger partial charge in [0.15, 0.2) is 11.5 Å². The Morgan fingerprint density at radius 2 is 1.73 bits per heavy atom. The van der Waals surface area contributed by atoms with E-state index in [-0.39, 0.29) is 24.0 Å². The predicted octanol–water partition coefficient (Wildman–Crippen LogP) is 4.34. The summed E-state index contributed by atoms with van der Waals surface area (Å²) in [6.07, 6.45) is 0. The first-order chi connectivity index (χ1) is 12.3. The minimum atomic E-state index is -2.94. The van der Waals surface area contributed by atoms with E-state index in [0.717, 1.165) is 0 Å². The lowest BCUT2D eigenvalue weighted by Gasteiger charge is -2.19. The second-order valence-electron chi connectivity index (χ2n) is 5.37. The Labute approximate surface area is 158 Å². The van der Waals surface area contributed by atoms with Crippen LogP contribution in [-0.2, 0) is 6.54 Å². The van der Waals surface area contributed by atoms with Gasteiger partial charge in [0.05, 0.1) is 18.7 Å². The smallest absolute Gasteiger partial charge is 0.387 e. The lowest BCUT2D eigenvalue weighted by Crippen LogP contribution is -2.26. The molecule has 0 spiro atoms. The second-order valence-corrected chi connectivity index (χ2v) is 6.23. The Hall–Kier alpha value is -2.35. The van der Waals surface area contributed by atoms with Crippen LogP contribution in [0.4, 0.5) is 8.78 Å². The standard InChI is InChI=1S/C18H18BrF2NO4/c1-22(17(23)12-5-7-14(24-2)13(19)9-12)10-11-4-6-15(26-18(20)21)16(8-11)25-3/h4-9,18H,10H2,1-3H3. The van der Waals surface area contributed by atoms with Gasteiger partial charge in [-0.15, -0.1) is 0 Å². The summed E-state index contributed by atoms with van der Waals surface area (Å²) in [5.41, 5.74) is 1.21. The van der Waals surface area contributed by atoms with E-state index >= 15 is 0 Å². The van der Waals surface area contributed by atoms with Gasteiger partial charge in [-0.25, -0.2) is 0 Å². The zero-order valence-electron chi connectivity index (χ0n) is 14.5. The first-order valence-electron chi connectivity index (χ1n) is 7.56.